The Morgan fingerprint density at radius 2 is 1.50 bits per heavy atom. The lowest BCUT2D eigenvalue weighted by molar-refractivity contribution is 0.251. The average molecular weight is 412 g/mol. The normalized spacial score (nSPS) is 10.4. The number of rotatable bonds is 6. The van der Waals surface area contributed by atoms with E-state index in [0.29, 0.717) is 6.54 Å². The van der Waals surface area contributed by atoms with Crippen molar-refractivity contribution in [3.63, 3.8) is 0 Å². The molecule has 1 aromatic heterocycles. The molecule has 0 aliphatic heterocycles. The number of pyridine rings is 1. The number of nitrogens with zero attached hydrogens (tertiary/aromatic N) is 1. The van der Waals surface area contributed by atoms with Crippen LogP contribution in [0.4, 0.5) is 10.5 Å². The van der Waals surface area contributed by atoms with Gasteiger partial charge in [0.2, 0.25) is 0 Å². The zero-order valence-electron chi connectivity index (χ0n) is 16.3. The van der Waals surface area contributed by atoms with Gasteiger partial charge in [-0.3, -0.25) is 4.98 Å². The minimum atomic E-state index is -0.234. The first-order chi connectivity index (χ1) is 14.8. The molecule has 0 spiro atoms. The van der Waals surface area contributed by atoms with E-state index in [2.05, 4.69) is 52.0 Å². The number of benzene rings is 3. The molecule has 0 aliphatic carbocycles. The maximum absolute atomic E-state index is 12.1. The molecule has 4 aromatic rings. The van der Waals surface area contributed by atoms with E-state index in [-0.39, 0.29) is 6.03 Å². The van der Waals surface area contributed by atoms with Crippen molar-refractivity contribution in [3.05, 3.63) is 109 Å². The number of carbonyl (C=O) groups excluding carboxylic acids is 1. The minimum Gasteiger partial charge on any atom is -0.334 e. The molecule has 0 bridgehead atoms. The fraction of sp³-hybridized carbons (Fsp3) is 0.0400. The lowest BCUT2D eigenvalue weighted by Gasteiger charge is -2.09. The summed E-state index contributed by atoms with van der Waals surface area (Å²) in [5.41, 5.74) is 4.16. The fourth-order valence-electron chi connectivity index (χ4n) is 2.97. The highest BCUT2D eigenvalue weighted by atomic mass is 32.2. The number of hydrogen-bond donors (Lipinski definition) is 2. The van der Waals surface area contributed by atoms with Gasteiger partial charge in [-0.2, -0.15) is 0 Å². The summed E-state index contributed by atoms with van der Waals surface area (Å²) in [5.74, 6) is 0. The van der Waals surface area contributed by atoms with Crippen molar-refractivity contribution >= 4 is 23.5 Å². The van der Waals surface area contributed by atoms with Crippen LogP contribution in [0.15, 0.2) is 113 Å². The number of nitrogens with one attached hydrogen (secondary N) is 2. The van der Waals surface area contributed by atoms with Crippen molar-refractivity contribution in [1.29, 1.82) is 0 Å². The molecule has 1 heterocycles. The highest BCUT2D eigenvalue weighted by molar-refractivity contribution is 7.99. The molecular formula is C25H21N3OS. The summed E-state index contributed by atoms with van der Waals surface area (Å²) >= 11 is 1.70. The summed E-state index contributed by atoms with van der Waals surface area (Å²) in [7, 11) is 0. The van der Waals surface area contributed by atoms with Gasteiger partial charge in [-0.25, -0.2) is 4.79 Å². The molecule has 148 valence electrons. The molecule has 0 saturated carbocycles. The summed E-state index contributed by atoms with van der Waals surface area (Å²) in [4.78, 5) is 18.3. The van der Waals surface area contributed by atoms with Crippen LogP contribution in [0.2, 0.25) is 0 Å². The van der Waals surface area contributed by atoms with E-state index in [4.69, 9.17) is 0 Å². The van der Waals surface area contributed by atoms with Crippen molar-refractivity contribution in [2.24, 2.45) is 0 Å². The molecule has 0 radical (unpaired) electrons. The zero-order chi connectivity index (χ0) is 20.6. The molecule has 0 aliphatic rings. The summed E-state index contributed by atoms with van der Waals surface area (Å²) < 4.78 is 0. The molecule has 30 heavy (non-hydrogen) atoms. The van der Waals surface area contributed by atoms with Crippen molar-refractivity contribution in [2.45, 2.75) is 16.3 Å². The van der Waals surface area contributed by atoms with Crippen LogP contribution >= 0.6 is 11.8 Å². The average Bonchev–Trinajstić information content (AvgIpc) is 2.80. The van der Waals surface area contributed by atoms with Gasteiger partial charge in [0.05, 0.1) is 0 Å². The second-order valence-electron chi connectivity index (χ2n) is 6.68. The predicted octanol–water partition coefficient (Wildman–Crippen LogP) is 6.22. The van der Waals surface area contributed by atoms with Gasteiger partial charge >= 0.3 is 6.03 Å². The second kappa shape index (κ2) is 9.76. The molecule has 2 N–H and O–H groups in total. The summed E-state index contributed by atoms with van der Waals surface area (Å²) in [6.45, 7) is 0.458. The van der Waals surface area contributed by atoms with Crippen molar-refractivity contribution in [1.82, 2.24) is 10.3 Å². The van der Waals surface area contributed by atoms with Crippen molar-refractivity contribution < 1.29 is 4.79 Å². The van der Waals surface area contributed by atoms with E-state index in [9.17, 15) is 4.79 Å². The Morgan fingerprint density at radius 1 is 0.767 bits per heavy atom. The highest BCUT2D eigenvalue weighted by Crippen LogP contribution is 2.31. The van der Waals surface area contributed by atoms with Gasteiger partial charge < -0.3 is 10.6 Å². The molecule has 4 nitrogen and oxygen atoms in total. The monoisotopic (exact) mass is 411 g/mol. The second-order valence-corrected chi connectivity index (χ2v) is 7.83. The van der Waals surface area contributed by atoms with Crippen molar-refractivity contribution in [2.75, 3.05) is 5.32 Å². The van der Waals surface area contributed by atoms with Crippen LogP contribution in [0.1, 0.15) is 5.56 Å². The Labute approximate surface area is 180 Å². The number of amides is 2. The molecule has 0 saturated heterocycles. The Kier molecular flexibility index (Phi) is 6.42. The Morgan fingerprint density at radius 3 is 2.27 bits per heavy atom. The van der Waals surface area contributed by atoms with Crippen LogP contribution in [-0.2, 0) is 6.54 Å². The zero-order valence-corrected chi connectivity index (χ0v) is 17.1. The SMILES string of the molecule is O=C(NCc1ccncc1)Nc1ccc(Sc2cccc(-c3ccccc3)c2)cc1. The van der Waals surface area contributed by atoms with Crippen LogP contribution in [0, 0.1) is 0 Å². The first-order valence-electron chi connectivity index (χ1n) is 9.63. The molecule has 2 amide bonds. The number of urea groups is 1. The molecule has 5 heteroatoms. The van der Waals surface area contributed by atoms with Crippen LogP contribution < -0.4 is 10.6 Å². The van der Waals surface area contributed by atoms with Crippen LogP contribution in [0.3, 0.4) is 0 Å². The third-order valence-corrected chi connectivity index (χ3v) is 5.49. The summed E-state index contributed by atoms with van der Waals surface area (Å²) in [6.07, 6.45) is 3.42. The van der Waals surface area contributed by atoms with Gasteiger partial charge in [0.1, 0.15) is 0 Å². The Hall–Kier alpha value is -3.57. The third kappa shape index (κ3) is 5.49. The summed E-state index contributed by atoms with van der Waals surface area (Å²) in [6, 6.07) is 30.2. The molecule has 0 unspecified atom stereocenters. The molecular weight excluding hydrogens is 390 g/mol. The first-order valence-corrected chi connectivity index (χ1v) is 10.4. The maximum Gasteiger partial charge on any atom is 0.319 e. The van der Waals surface area contributed by atoms with Crippen LogP contribution in [-0.4, -0.2) is 11.0 Å². The standard InChI is InChI=1S/C25H21N3OS/c29-25(27-18-19-13-15-26-16-14-19)28-22-9-11-23(12-10-22)30-24-8-4-7-21(17-24)20-5-2-1-3-6-20/h1-17H,18H2,(H2,27,28,29). The van der Waals surface area contributed by atoms with E-state index in [0.717, 1.165) is 16.1 Å². The molecule has 3 aromatic carbocycles. The highest BCUT2D eigenvalue weighted by Gasteiger charge is 2.04. The van der Waals surface area contributed by atoms with E-state index >= 15 is 0 Å². The van der Waals surface area contributed by atoms with Gasteiger partial charge in [-0.1, -0.05) is 54.2 Å². The molecule has 0 fully saturated rings. The minimum absolute atomic E-state index is 0.234. The first kappa shape index (κ1) is 19.7. The van der Waals surface area contributed by atoms with Gasteiger partial charge in [0.25, 0.3) is 0 Å². The lowest BCUT2D eigenvalue weighted by Crippen LogP contribution is -2.28. The summed E-state index contributed by atoms with van der Waals surface area (Å²) in [5, 5.41) is 5.70. The van der Waals surface area contributed by atoms with Crippen molar-refractivity contribution in [3.8, 4) is 11.1 Å². The number of aromatic nitrogens is 1. The van der Waals surface area contributed by atoms with Crippen LogP contribution in [0.5, 0.6) is 0 Å². The maximum atomic E-state index is 12.1. The largest absolute Gasteiger partial charge is 0.334 e. The van der Waals surface area contributed by atoms with E-state index in [1.54, 1.807) is 24.2 Å². The van der Waals surface area contributed by atoms with Gasteiger partial charge in [-0.05, 0) is 65.2 Å². The lowest BCUT2D eigenvalue weighted by atomic mass is 10.1. The third-order valence-electron chi connectivity index (χ3n) is 4.49. The predicted molar refractivity (Wildman–Crippen MR) is 123 cm³/mol. The quantitative estimate of drug-likeness (QED) is 0.396. The number of carbonyl (C=O) groups is 1. The smallest absolute Gasteiger partial charge is 0.319 e. The number of anilines is 1. The fourth-order valence-corrected chi connectivity index (χ4v) is 3.85. The Bertz CT molecular complexity index is 1100. The van der Waals surface area contributed by atoms with E-state index < -0.39 is 0 Å². The molecule has 4 rings (SSSR count). The Balaban J connectivity index is 1.34. The van der Waals surface area contributed by atoms with Crippen LogP contribution in [0.25, 0.3) is 11.1 Å². The molecule has 0 atom stereocenters. The van der Waals surface area contributed by atoms with Gasteiger partial charge in [0.15, 0.2) is 0 Å². The van der Waals surface area contributed by atoms with E-state index in [1.165, 1.54) is 16.0 Å². The van der Waals surface area contributed by atoms with Gasteiger partial charge in [-0.15, -0.1) is 0 Å². The topological polar surface area (TPSA) is 54.0 Å². The number of hydrogen-bond acceptors (Lipinski definition) is 3. The van der Waals surface area contributed by atoms with E-state index in [1.807, 2.05) is 54.6 Å². The van der Waals surface area contributed by atoms with Gasteiger partial charge in [0, 0.05) is 34.4 Å².